The third kappa shape index (κ3) is 5.82. The summed E-state index contributed by atoms with van der Waals surface area (Å²) in [7, 11) is 3.51. The third-order valence-corrected chi connectivity index (χ3v) is 4.90. The number of nitrogens with zero attached hydrogens (tertiary/aromatic N) is 2. The Bertz CT molecular complexity index is 734. The van der Waals surface area contributed by atoms with Crippen molar-refractivity contribution in [2.24, 2.45) is 4.99 Å². The zero-order valence-corrected chi connectivity index (χ0v) is 18.2. The van der Waals surface area contributed by atoms with E-state index in [-0.39, 0.29) is 29.8 Å². The second-order valence-corrected chi connectivity index (χ2v) is 6.56. The number of guanidine groups is 1. The van der Waals surface area contributed by atoms with Crippen LogP contribution in [0.25, 0.3) is 0 Å². The number of halogens is 2. The average molecular weight is 483 g/mol. The molecule has 0 amide bonds. The van der Waals surface area contributed by atoms with E-state index in [1.54, 1.807) is 7.11 Å². The fourth-order valence-electron chi connectivity index (χ4n) is 3.40. The van der Waals surface area contributed by atoms with Crippen molar-refractivity contribution in [3.8, 4) is 5.75 Å². The molecule has 0 radical (unpaired) electrons. The fraction of sp³-hybridized carbons (Fsp3) is 0.381. The zero-order valence-electron chi connectivity index (χ0n) is 15.8. The van der Waals surface area contributed by atoms with E-state index in [1.165, 1.54) is 17.7 Å². The summed E-state index contributed by atoms with van der Waals surface area (Å²) in [5, 5.41) is 3.43. The highest BCUT2D eigenvalue weighted by Gasteiger charge is 2.25. The highest BCUT2D eigenvalue weighted by Crippen LogP contribution is 2.28. The standard InChI is InChI=1S/C21H26FN3O.HI/c1-23-21(24-13-11-16-3-7-19(22)8-4-16)25-14-12-18(15-25)17-5-9-20(26-2)10-6-17;/h3-10,18H,11-15H2,1-2H3,(H,23,24);1H. The maximum Gasteiger partial charge on any atom is 0.193 e. The van der Waals surface area contributed by atoms with Crippen LogP contribution >= 0.6 is 24.0 Å². The molecule has 6 heteroatoms. The molecule has 1 unspecified atom stereocenters. The number of likely N-dealkylation sites (tertiary alicyclic amines) is 1. The van der Waals surface area contributed by atoms with Crippen LogP contribution in [0.1, 0.15) is 23.5 Å². The van der Waals surface area contributed by atoms with Crippen LogP contribution < -0.4 is 10.1 Å². The second kappa shape index (κ2) is 10.5. The molecule has 0 aromatic heterocycles. The van der Waals surface area contributed by atoms with E-state index in [1.807, 2.05) is 31.3 Å². The highest BCUT2D eigenvalue weighted by molar-refractivity contribution is 14.0. The van der Waals surface area contributed by atoms with Gasteiger partial charge >= 0.3 is 0 Å². The lowest BCUT2D eigenvalue weighted by atomic mass is 9.98. The van der Waals surface area contributed by atoms with E-state index in [4.69, 9.17) is 4.74 Å². The second-order valence-electron chi connectivity index (χ2n) is 6.56. The Morgan fingerprint density at radius 1 is 1.19 bits per heavy atom. The van der Waals surface area contributed by atoms with Crippen LogP contribution in [0.3, 0.4) is 0 Å². The molecular formula is C21H27FIN3O. The average Bonchev–Trinajstić information content (AvgIpc) is 3.17. The maximum absolute atomic E-state index is 13.0. The van der Waals surface area contributed by atoms with Gasteiger partial charge in [0.1, 0.15) is 11.6 Å². The first-order valence-corrected chi connectivity index (χ1v) is 9.03. The van der Waals surface area contributed by atoms with Crippen LogP contribution in [-0.2, 0) is 6.42 Å². The first-order valence-electron chi connectivity index (χ1n) is 9.03. The molecule has 1 N–H and O–H groups in total. The van der Waals surface area contributed by atoms with Gasteiger partial charge in [0.2, 0.25) is 0 Å². The molecule has 2 aromatic carbocycles. The Hall–Kier alpha value is -1.83. The van der Waals surface area contributed by atoms with E-state index < -0.39 is 0 Å². The molecule has 0 spiro atoms. The van der Waals surface area contributed by atoms with Crippen molar-refractivity contribution in [2.75, 3.05) is 33.8 Å². The van der Waals surface area contributed by atoms with Gasteiger partial charge in [-0.25, -0.2) is 4.39 Å². The summed E-state index contributed by atoms with van der Waals surface area (Å²) < 4.78 is 18.2. The van der Waals surface area contributed by atoms with E-state index in [0.29, 0.717) is 5.92 Å². The number of hydrogen-bond donors (Lipinski definition) is 1. The maximum atomic E-state index is 13.0. The smallest absolute Gasteiger partial charge is 0.193 e. The number of hydrogen-bond acceptors (Lipinski definition) is 2. The number of ether oxygens (including phenoxy) is 1. The lowest BCUT2D eigenvalue weighted by Gasteiger charge is -2.22. The quantitative estimate of drug-likeness (QED) is 0.396. The minimum Gasteiger partial charge on any atom is -0.497 e. The Balaban J connectivity index is 0.00000261. The molecule has 1 fully saturated rings. The van der Waals surface area contributed by atoms with Crippen molar-refractivity contribution < 1.29 is 9.13 Å². The Kier molecular flexibility index (Phi) is 8.34. The predicted molar refractivity (Wildman–Crippen MR) is 119 cm³/mol. The molecule has 1 saturated heterocycles. The summed E-state index contributed by atoms with van der Waals surface area (Å²) >= 11 is 0. The van der Waals surface area contributed by atoms with E-state index in [2.05, 4.69) is 27.3 Å². The first kappa shape index (κ1) is 21.5. The topological polar surface area (TPSA) is 36.9 Å². The molecule has 0 saturated carbocycles. The molecule has 1 aliphatic rings. The van der Waals surface area contributed by atoms with Gasteiger partial charge in [-0.3, -0.25) is 4.99 Å². The number of methoxy groups -OCH3 is 1. The van der Waals surface area contributed by atoms with E-state index in [0.717, 1.165) is 49.7 Å². The molecular weight excluding hydrogens is 456 g/mol. The van der Waals surface area contributed by atoms with Crippen molar-refractivity contribution in [1.29, 1.82) is 0 Å². The number of rotatable bonds is 5. The molecule has 0 aliphatic carbocycles. The summed E-state index contributed by atoms with van der Waals surface area (Å²) in [6, 6.07) is 15.0. The van der Waals surface area contributed by atoms with E-state index >= 15 is 0 Å². The van der Waals surface area contributed by atoms with Crippen molar-refractivity contribution in [3.63, 3.8) is 0 Å². The van der Waals surface area contributed by atoms with Crippen LogP contribution in [0.5, 0.6) is 5.75 Å². The minimum atomic E-state index is -0.195. The van der Waals surface area contributed by atoms with Crippen LogP contribution in [0.15, 0.2) is 53.5 Å². The fourth-order valence-corrected chi connectivity index (χ4v) is 3.40. The number of aliphatic imine (C=N–C) groups is 1. The zero-order chi connectivity index (χ0) is 18.4. The van der Waals surface area contributed by atoms with Gasteiger partial charge in [-0.1, -0.05) is 24.3 Å². The van der Waals surface area contributed by atoms with Crippen molar-refractivity contribution in [2.45, 2.75) is 18.8 Å². The minimum absolute atomic E-state index is 0. The predicted octanol–water partition coefficient (Wildman–Crippen LogP) is 4.06. The van der Waals surface area contributed by atoms with Crippen LogP contribution in [0, 0.1) is 5.82 Å². The largest absolute Gasteiger partial charge is 0.497 e. The van der Waals surface area contributed by atoms with Gasteiger partial charge in [-0.2, -0.15) is 0 Å². The lowest BCUT2D eigenvalue weighted by molar-refractivity contribution is 0.414. The van der Waals surface area contributed by atoms with Crippen molar-refractivity contribution in [3.05, 3.63) is 65.5 Å². The van der Waals surface area contributed by atoms with Gasteiger partial charge in [-0.15, -0.1) is 24.0 Å². The SMILES string of the molecule is CN=C(NCCc1ccc(F)cc1)N1CCC(c2ccc(OC)cc2)C1.I. The normalized spacial score (nSPS) is 16.8. The number of benzene rings is 2. The van der Waals surface area contributed by atoms with Gasteiger partial charge < -0.3 is 15.0 Å². The van der Waals surface area contributed by atoms with Crippen LogP contribution in [0.2, 0.25) is 0 Å². The Morgan fingerprint density at radius 3 is 2.52 bits per heavy atom. The highest BCUT2D eigenvalue weighted by atomic mass is 127. The lowest BCUT2D eigenvalue weighted by Crippen LogP contribution is -2.40. The summed E-state index contributed by atoms with van der Waals surface area (Å²) in [5.74, 6) is 2.14. The van der Waals surface area contributed by atoms with Gasteiger partial charge in [0.15, 0.2) is 5.96 Å². The molecule has 0 bridgehead atoms. The van der Waals surface area contributed by atoms with Gasteiger partial charge in [0.05, 0.1) is 7.11 Å². The molecule has 1 heterocycles. The van der Waals surface area contributed by atoms with Crippen molar-refractivity contribution >= 4 is 29.9 Å². The number of nitrogens with one attached hydrogen (secondary N) is 1. The van der Waals surface area contributed by atoms with E-state index in [9.17, 15) is 4.39 Å². The molecule has 146 valence electrons. The first-order chi connectivity index (χ1) is 12.7. The van der Waals surface area contributed by atoms with Crippen LogP contribution in [0.4, 0.5) is 4.39 Å². The molecule has 3 rings (SSSR count). The molecule has 2 aromatic rings. The molecule has 27 heavy (non-hydrogen) atoms. The Labute approximate surface area is 177 Å². The van der Waals surface area contributed by atoms with Gasteiger partial charge in [0.25, 0.3) is 0 Å². The monoisotopic (exact) mass is 483 g/mol. The van der Waals surface area contributed by atoms with Crippen LogP contribution in [-0.4, -0.2) is 44.7 Å². The van der Waals surface area contributed by atoms with Gasteiger partial charge in [-0.05, 0) is 48.2 Å². The summed E-state index contributed by atoms with van der Waals surface area (Å²) in [5.41, 5.74) is 2.46. The molecule has 4 nitrogen and oxygen atoms in total. The molecule has 1 atom stereocenters. The van der Waals surface area contributed by atoms with Crippen molar-refractivity contribution in [1.82, 2.24) is 10.2 Å². The Morgan fingerprint density at radius 2 is 1.89 bits per heavy atom. The summed E-state index contributed by atoms with van der Waals surface area (Å²) in [6.07, 6.45) is 1.96. The third-order valence-electron chi connectivity index (χ3n) is 4.90. The van der Waals surface area contributed by atoms with Gasteiger partial charge in [0, 0.05) is 32.6 Å². The summed E-state index contributed by atoms with van der Waals surface area (Å²) in [4.78, 5) is 6.73. The molecule has 1 aliphatic heterocycles. The summed E-state index contributed by atoms with van der Waals surface area (Å²) in [6.45, 7) is 2.73.